The van der Waals surface area contributed by atoms with Crippen LogP contribution in [0.3, 0.4) is 0 Å². The summed E-state index contributed by atoms with van der Waals surface area (Å²) >= 11 is 5.81. The first-order chi connectivity index (χ1) is 9.56. The molecule has 0 aromatic heterocycles. The number of hydrogen-bond donors (Lipinski definition) is 1. The second-order valence-corrected chi connectivity index (χ2v) is 5.61. The molecule has 1 aliphatic rings. The van der Waals surface area contributed by atoms with Gasteiger partial charge in [-0.25, -0.2) is 0 Å². The van der Waals surface area contributed by atoms with Crippen molar-refractivity contribution in [1.29, 1.82) is 0 Å². The highest BCUT2D eigenvalue weighted by atomic mass is 35.5. The lowest BCUT2D eigenvalue weighted by molar-refractivity contribution is -0.137. The van der Waals surface area contributed by atoms with Gasteiger partial charge in [-0.15, -0.1) is 0 Å². The van der Waals surface area contributed by atoms with Crippen LogP contribution in [0.4, 0.5) is 0 Å². The zero-order chi connectivity index (χ0) is 14.5. The monoisotopic (exact) mass is 295 g/mol. The van der Waals surface area contributed by atoms with Crippen molar-refractivity contribution in [2.75, 3.05) is 13.1 Å². The van der Waals surface area contributed by atoms with Crippen LogP contribution in [0.15, 0.2) is 24.3 Å². The van der Waals surface area contributed by atoms with E-state index in [1.165, 1.54) is 0 Å². The van der Waals surface area contributed by atoms with Gasteiger partial charge in [0.05, 0.1) is 0 Å². The van der Waals surface area contributed by atoms with Gasteiger partial charge in [0, 0.05) is 30.1 Å². The number of hydrogen-bond acceptors (Lipinski definition) is 2. The molecule has 1 aliphatic heterocycles. The number of rotatable bonds is 4. The summed E-state index contributed by atoms with van der Waals surface area (Å²) in [6.07, 6.45) is 2.69. The van der Waals surface area contributed by atoms with E-state index in [1.807, 2.05) is 4.90 Å². The Morgan fingerprint density at radius 3 is 2.35 bits per heavy atom. The Morgan fingerprint density at radius 1 is 1.20 bits per heavy atom. The van der Waals surface area contributed by atoms with Gasteiger partial charge < -0.3 is 10.0 Å². The van der Waals surface area contributed by atoms with Crippen molar-refractivity contribution in [1.82, 2.24) is 4.90 Å². The molecule has 1 aromatic rings. The number of amides is 1. The average Bonchev–Trinajstić information content (AvgIpc) is 2.46. The number of halogens is 1. The lowest BCUT2D eigenvalue weighted by atomic mass is 9.92. The van der Waals surface area contributed by atoms with Gasteiger partial charge in [-0.2, -0.15) is 0 Å². The van der Waals surface area contributed by atoms with Crippen LogP contribution in [0.5, 0.6) is 0 Å². The molecular weight excluding hydrogens is 278 g/mol. The van der Waals surface area contributed by atoms with Crippen LogP contribution in [0.2, 0.25) is 5.02 Å². The van der Waals surface area contributed by atoms with Crippen molar-refractivity contribution in [2.24, 2.45) is 5.92 Å². The minimum absolute atomic E-state index is 0.0263. The molecule has 1 heterocycles. The van der Waals surface area contributed by atoms with E-state index in [-0.39, 0.29) is 12.3 Å². The molecule has 0 saturated carbocycles. The van der Waals surface area contributed by atoms with Gasteiger partial charge >= 0.3 is 5.97 Å². The molecule has 1 amide bonds. The molecule has 4 nitrogen and oxygen atoms in total. The molecule has 20 heavy (non-hydrogen) atoms. The topological polar surface area (TPSA) is 57.6 Å². The Labute approximate surface area is 123 Å². The number of benzene rings is 1. The summed E-state index contributed by atoms with van der Waals surface area (Å²) in [5.74, 6) is -0.302. The molecule has 0 unspecified atom stereocenters. The lowest BCUT2D eigenvalue weighted by Gasteiger charge is -2.32. The Hall–Kier alpha value is -1.55. The van der Waals surface area contributed by atoms with E-state index < -0.39 is 5.97 Å². The maximum atomic E-state index is 12.3. The largest absolute Gasteiger partial charge is 0.481 e. The summed E-state index contributed by atoms with van der Waals surface area (Å²) in [5, 5.41) is 9.30. The molecular formula is C15H18ClNO3. The number of aliphatic carboxylic acids is 1. The van der Waals surface area contributed by atoms with Crippen molar-refractivity contribution in [3.05, 3.63) is 34.9 Å². The quantitative estimate of drug-likeness (QED) is 0.929. The fraction of sp³-hybridized carbons (Fsp3) is 0.467. The van der Waals surface area contributed by atoms with E-state index >= 15 is 0 Å². The Morgan fingerprint density at radius 2 is 1.80 bits per heavy atom. The van der Waals surface area contributed by atoms with E-state index in [2.05, 4.69) is 0 Å². The van der Waals surface area contributed by atoms with E-state index in [0.29, 0.717) is 36.0 Å². The summed E-state index contributed by atoms with van der Waals surface area (Å²) in [6, 6.07) is 6.91. The molecule has 1 fully saturated rings. The first-order valence-corrected chi connectivity index (χ1v) is 7.20. The Balaban J connectivity index is 1.85. The summed E-state index contributed by atoms with van der Waals surface area (Å²) < 4.78 is 0. The van der Waals surface area contributed by atoms with Crippen LogP contribution >= 0.6 is 11.6 Å². The van der Waals surface area contributed by atoms with Crippen LogP contribution in [-0.2, 0) is 4.79 Å². The van der Waals surface area contributed by atoms with Crippen LogP contribution < -0.4 is 0 Å². The van der Waals surface area contributed by atoms with Gasteiger partial charge in [-0.05, 0) is 49.4 Å². The third kappa shape index (κ3) is 3.97. The number of carbonyl (C=O) groups is 2. The maximum absolute atomic E-state index is 12.3. The molecule has 0 radical (unpaired) electrons. The van der Waals surface area contributed by atoms with Crippen molar-refractivity contribution in [3.8, 4) is 0 Å². The first-order valence-electron chi connectivity index (χ1n) is 6.83. The number of piperidine rings is 1. The fourth-order valence-electron chi connectivity index (χ4n) is 2.53. The molecule has 0 spiro atoms. The highest BCUT2D eigenvalue weighted by Gasteiger charge is 2.23. The van der Waals surface area contributed by atoms with Crippen molar-refractivity contribution >= 4 is 23.5 Å². The van der Waals surface area contributed by atoms with Crippen molar-refractivity contribution in [2.45, 2.75) is 25.7 Å². The summed E-state index contributed by atoms with van der Waals surface area (Å²) in [7, 11) is 0. The zero-order valence-electron chi connectivity index (χ0n) is 11.2. The minimum atomic E-state index is -0.746. The molecule has 1 saturated heterocycles. The zero-order valence-corrected chi connectivity index (χ0v) is 12.0. The number of carboxylic acids is 1. The van der Waals surface area contributed by atoms with Gasteiger partial charge in [-0.3, -0.25) is 9.59 Å². The maximum Gasteiger partial charge on any atom is 0.303 e. The van der Waals surface area contributed by atoms with E-state index in [0.717, 1.165) is 12.8 Å². The SMILES string of the molecule is O=C(O)CCC1CCN(C(=O)c2ccc(Cl)cc2)CC1. The predicted molar refractivity (Wildman–Crippen MR) is 76.9 cm³/mol. The highest BCUT2D eigenvalue weighted by Crippen LogP contribution is 2.23. The summed E-state index contributed by atoms with van der Waals surface area (Å²) in [5.41, 5.74) is 0.651. The Bertz CT molecular complexity index is 478. The van der Waals surface area contributed by atoms with Crippen molar-refractivity contribution in [3.63, 3.8) is 0 Å². The Kier molecular flexibility index (Phi) is 5.01. The van der Waals surface area contributed by atoms with Gasteiger partial charge in [0.15, 0.2) is 0 Å². The van der Waals surface area contributed by atoms with Crippen LogP contribution in [0.1, 0.15) is 36.0 Å². The predicted octanol–water partition coefficient (Wildman–Crippen LogP) is 3.06. The van der Waals surface area contributed by atoms with E-state index in [9.17, 15) is 9.59 Å². The third-order valence-corrected chi connectivity index (χ3v) is 4.01. The van der Waals surface area contributed by atoms with Gasteiger partial charge in [0.2, 0.25) is 0 Å². The molecule has 5 heteroatoms. The van der Waals surface area contributed by atoms with Gasteiger partial charge in [0.25, 0.3) is 5.91 Å². The van der Waals surface area contributed by atoms with E-state index in [4.69, 9.17) is 16.7 Å². The standard InChI is InChI=1S/C15H18ClNO3/c16-13-4-2-12(3-5-13)15(20)17-9-7-11(8-10-17)1-6-14(18)19/h2-5,11H,1,6-10H2,(H,18,19). The molecule has 0 aliphatic carbocycles. The highest BCUT2D eigenvalue weighted by molar-refractivity contribution is 6.30. The smallest absolute Gasteiger partial charge is 0.303 e. The van der Waals surface area contributed by atoms with E-state index in [1.54, 1.807) is 24.3 Å². The average molecular weight is 296 g/mol. The molecule has 2 rings (SSSR count). The lowest BCUT2D eigenvalue weighted by Crippen LogP contribution is -2.38. The number of likely N-dealkylation sites (tertiary alicyclic amines) is 1. The number of nitrogens with zero attached hydrogens (tertiary/aromatic N) is 1. The molecule has 108 valence electrons. The van der Waals surface area contributed by atoms with Crippen LogP contribution in [0.25, 0.3) is 0 Å². The first kappa shape index (κ1) is 14.9. The molecule has 0 atom stereocenters. The second kappa shape index (κ2) is 6.75. The van der Waals surface area contributed by atoms with Crippen molar-refractivity contribution < 1.29 is 14.7 Å². The number of carbonyl (C=O) groups excluding carboxylic acids is 1. The van der Waals surface area contributed by atoms with Crippen LogP contribution in [0, 0.1) is 5.92 Å². The second-order valence-electron chi connectivity index (χ2n) is 5.17. The number of carboxylic acid groups (broad SMARTS) is 1. The fourth-order valence-corrected chi connectivity index (χ4v) is 2.65. The van der Waals surface area contributed by atoms with Gasteiger partial charge in [0.1, 0.15) is 0 Å². The molecule has 1 N–H and O–H groups in total. The summed E-state index contributed by atoms with van der Waals surface area (Å²) in [4.78, 5) is 24.7. The summed E-state index contributed by atoms with van der Waals surface area (Å²) in [6.45, 7) is 1.40. The minimum Gasteiger partial charge on any atom is -0.481 e. The normalized spacial score (nSPS) is 16.1. The van der Waals surface area contributed by atoms with Gasteiger partial charge in [-0.1, -0.05) is 11.6 Å². The third-order valence-electron chi connectivity index (χ3n) is 3.76. The molecule has 1 aromatic carbocycles. The molecule has 0 bridgehead atoms. The van der Waals surface area contributed by atoms with Crippen LogP contribution in [-0.4, -0.2) is 35.0 Å².